The van der Waals surface area contributed by atoms with Crippen molar-refractivity contribution < 1.29 is 9.53 Å². The average molecular weight is 300 g/mol. The molecule has 4 aliphatic rings. The highest BCUT2D eigenvalue weighted by Crippen LogP contribution is 2.59. The van der Waals surface area contributed by atoms with Crippen LogP contribution in [0.25, 0.3) is 0 Å². The number of carbonyl (C=O) groups is 1. The molecule has 0 spiro atoms. The van der Waals surface area contributed by atoms with E-state index >= 15 is 0 Å². The molecule has 1 N–H and O–H groups in total. The number of nitrogens with one attached hydrogen (secondary N) is 1. The van der Waals surface area contributed by atoms with Crippen molar-refractivity contribution in [2.24, 2.45) is 23.7 Å². The molecule has 1 heterocycles. The number of methoxy groups -OCH3 is 1. The molecule has 4 saturated carbocycles. The number of pyridine rings is 1. The maximum absolute atomic E-state index is 12.3. The van der Waals surface area contributed by atoms with Gasteiger partial charge in [-0.1, -0.05) is 0 Å². The van der Waals surface area contributed by atoms with Crippen molar-refractivity contribution >= 4 is 5.91 Å². The lowest BCUT2D eigenvalue weighted by atomic mass is 9.49. The van der Waals surface area contributed by atoms with Crippen molar-refractivity contribution in [1.29, 1.82) is 0 Å². The topological polar surface area (TPSA) is 51.2 Å². The van der Waals surface area contributed by atoms with E-state index in [9.17, 15) is 4.79 Å². The van der Waals surface area contributed by atoms with Crippen molar-refractivity contribution in [2.75, 3.05) is 13.7 Å². The lowest BCUT2D eigenvalue weighted by Crippen LogP contribution is -2.63. The standard InChI is InChI=1S/C18H24N2O2/c1-22-18(11-20-17(21)14-3-2-4-19-10-14)15-6-12-5-13(8-15)9-16(18)7-12/h2-4,10,12-13,15-16H,5-9,11H2,1H3,(H,20,21). The number of nitrogens with zero attached hydrogens (tertiary/aromatic N) is 1. The molecule has 0 unspecified atom stereocenters. The van der Waals surface area contributed by atoms with Crippen LogP contribution in [0.5, 0.6) is 0 Å². The van der Waals surface area contributed by atoms with Crippen molar-refractivity contribution in [3.63, 3.8) is 0 Å². The van der Waals surface area contributed by atoms with E-state index in [0.29, 0.717) is 23.9 Å². The first-order valence-electron chi connectivity index (χ1n) is 8.44. The number of hydrogen-bond donors (Lipinski definition) is 1. The molecule has 4 nitrogen and oxygen atoms in total. The summed E-state index contributed by atoms with van der Waals surface area (Å²) in [6.07, 6.45) is 9.85. The van der Waals surface area contributed by atoms with Gasteiger partial charge in [-0.2, -0.15) is 0 Å². The first-order valence-corrected chi connectivity index (χ1v) is 8.44. The van der Waals surface area contributed by atoms with Gasteiger partial charge in [-0.3, -0.25) is 9.78 Å². The summed E-state index contributed by atoms with van der Waals surface area (Å²) in [4.78, 5) is 16.4. The highest BCUT2D eigenvalue weighted by atomic mass is 16.5. The van der Waals surface area contributed by atoms with Gasteiger partial charge in [0.05, 0.1) is 11.2 Å². The zero-order valence-electron chi connectivity index (χ0n) is 13.1. The van der Waals surface area contributed by atoms with E-state index in [1.165, 1.54) is 32.1 Å². The smallest absolute Gasteiger partial charge is 0.252 e. The van der Waals surface area contributed by atoms with Crippen molar-refractivity contribution in [1.82, 2.24) is 10.3 Å². The molecule has 0 radical (unpaired) electrons. The Kier molecular flexibility index (Phi) is 3.44. The molecule has 5 rings (SSSR count). The van der Waals surface area contributed by atoms with Gasteiger partial charge in [0.2, 0.25) is 0 Å². The van der Waals surface area contributed by atoms with Crippen molar-refractivity contribution in [3.8, 4) is 0 Å². The number of rotatable bonds is 4. The molecule has 118 valence electrons. The molecule has 1 amide bonds. The molecule has 1 aromatic rings. The number of hydrogen-bond acceptors (Lipinski definition) is 3. The van der Waals surface area contributed by atoms with E-state index in [0.717, 1.165) is 11.8 Å². The maximum Gasteiger partial charge on any atom is 0.252 e. The van der Waals surface area contributed by atoms with Gasteiger partial charge >= 0.3 is 0 Å². The second-order valence-electron chi connectivity index (χ2n) is 7.39. The SMILES string of the molecule is COC1(CNC(=O)c2cccnc2)C2CC3CC(C2)CC1C3. The molecule has 0 aliphatic heterocycles. The third-order valence-corrected chi connectivity index (χ3v) is 6.35. The number of ether oxygens (including phenoxy) is 1. The highest BCUT2D eigenvalue weighted by Gasteiger charge is 2.57. The molecule has 22 heavy (non-hydrogen) atoms. The van der Waals surface area contributed by atoms with Gasteiger partial charge in [-0.05, 0) is 67.9 Å². The van der Waals surface area contributed by atoms with Crippen LogP contribution < -0.4 is 5.32 Å². The van der Waals surface area contributed by atoms with E-state index < -0.39 is 0 Å². The van der Waals surface area contributed by atoms with Crippen LogP contribution in [-0.4, -0.2) is 30.1 Å². The van der Waals surface area contributed by atoms with E-state index in [4.69, 9.17) is 4.74 Å². The Morgan fingerprint density at radius 3 is 2.50 bits per heavy atom. The molecule has 0 aromatic carbocycles. The van der Waals surface area contributed by atoms with E-state index in [1.807, 2.05) is 7.11 Å². The molecule has 0 atom stereocenters. The molecular formula is C18H24N2O2. The fourth-order valence-electron chi connectivity index (χ4n) is 5.49. The lowest BCUT2D eigenvalue weighted by Gasteiger charge is -2.60. The minimum atomic E-state index is -0.148. The van der Waals surface area contributed by atoms with E-state index in [1.54, 1.807) is 24.5 Å². The Morgan fingerprint density at radius 2 is 1.95 bits per heavy atom. The molecular weight excluding hydrogens is 276 g/mol. The van der Waals surface area contributed by atoms with Gasteiger partial charge in [-0.15, -0.1) is 0 Å². The second kappa shape index (κ2) is 5.34. The van der Waals surface area contributed by atoms with Crippen molar-refractivity contribution in [2.45, 2.75) is 37.7 Å². The van der Waals surface area contributed by atoms with Crippen molar-refractivity contribution in [3.05, 3.63) is 30.1 Å². The largest absolute Gasteiger partial charge is 0.376 e. The first-order chi connectivity index (χ1) is 10.7. The number of aromatic nitrogens is 1. The van der Waals surface area contributed by atoms with Gasteiger partial charge in [-0.25, -0.2) is 0 Å². The summed E-state index contributed by atoms with van der Waals surface area (Å²) in [6, 6.07) is 3.60. The molecule has 1 aromatic heterocycles. The van der Waals surface area contributed by atoms with Crippen LogP contribution >= 0.6 is 0 Å². The molecule has 4 bridgehead atoms. The maximum atomic E-state index is 12.3. The highest BCUT2D eigenvalue weighted by molar-refractivity contribution is 5.93. The Balaban J connectivity index is 1.49. The Morgan fingerprint density at radius 1 is 1.27 bits per heavy atom. The van der Waals surface area contributed by atoms with Crippen LogP contribution in [0.2, 0.25) is 0 Å². The third kappa shape index (κ3) is 2.16. The second-order valence-corrected chi connectivity index (χ2v) is 7.39. The van der Waals surface area contributed by atoms with Crippen LogP contribution in [0.1, 0.15) is 42.5 Å². The monoisotopic (exact) mass is 300 g/mol. The first kappa shape index (κ1) is 14.2. The summed E-state index contributed by atoms with van der Waals surface area (Å²) < 4.78 is 6.07. The predicted molar refractivity (Wildman–Crippen MR) is 83.4 cm³/mol. The van der Waals surface area contributed by atoms with Crippen LogP contribution in [0.3, 0.4) is 0 Å². The minimum absolute atomic E-state index is 0.0432. The van der Waals surface area contributed by atoms with Gasteiger partial charge in [0.15, 0.2) is 0 Å². The zero-order chi connectivity index (χ0) is 15.2. The molecule has 0 saturated heterocycles. The van der Waals surface area contributed by atoms with E-state index in [-0.39, 0.29) is 11.5 Å². The molecule has 4 aliphatic carbocycles. The Labute approximate surface area is 131 Å². The summed E-state index contributed by atoms with van der Waals surface area (Å²) >= 11 is 0. The number of carbonyl (C=O) groups excluding carboxylic acids is 1. The summed E-state index contributed by atoms with van der Waals surface area (Å²) in [6.45, 7) is 0.631. The molecule has 4 fully saturated rings. The average Bonchev–Trinajstić information content (AvgIpc) is 2.55. The van der Waals surface area contributed by atoms with Crippen LogP contribution in [0, 0.1) is 23.7 Å². The van der Waals surface area contributed by atoms with Gasteiger partial charge < -0.3 is 10.1 Å². The normalized spacial score (nSPS) is 39.0. The third-order valence-electron chi connectivity index (χ3n) is 6.35. The lowest BCUT2D eigenvalue weighted by molar-refractivity contribution is -0.186. The quantitative estimate of drug-likeness (QED) is 0.930. The van der Waals surface area contributed by atoms with Gasteiger partial charge in [0, 0.05) is 26.0 Å². The summed E-state index contributed by atoms with van der Waals surface area (Å²) in [5.74, 6) is 2.99. The number of amides is 1. The fourth-order valence-corrected chi connectivity index (χ4v) is 5.49. The zero-order valence-corrected chi connectivity index (χ0v) is 13.1. The Hall–Kier alpha value is -1.42. The van der Waals surface area contributed by atoms with Crippen LogP contribution in [0.4, 0.5) is 0 Å². The summed E-state index contributed by atoms with van der Waals surface area (Å²) in [7, 11) is 1.83. The Bertz CT molecular complexity index is 529. The summed E-state index contributed by atoms with van der Waals surface area (Å²) in [5, 5.41) is 3.11. The van der Waals surface area contributed by atoms with Crippen LogP contribution in [-0.2, 0) is 4.74 Å². The van der Waals surface area contributed by atoms with E-state index in [2.05, 4.69) is 10.3 Å². The summed E-state index contributed by atoms with van der Waals surface area (Å²) in [5.41, 5.74) is 0.475. The van der Waals surface area contributed by atoms with Gasteiger partial charge in [0.1, 0.15) is 0 Å². The van der Waals surface area contributed by atoms with Crippen LogP contribution in [0.15, 0.2) is 24.5 Å². The predicted octanol–water partition coefficient (Wildman–Crippen LogP) is 2.65. The van der Waals surface area contributed by atoms with Gasteiger partial charge in [0.25, 0.3) is 5.91 Å². The molecule has 4 heteroatoms. The minimum Gasteiger partial charge on any atom is -0.376 e. The fraction of sp³-hybridized carbons (Fsp3) is 0.667.